The maximum atomic E-state index is 12.9. The number of unbranched alkanes of at least 4 members (excludes halogenated alkanes) is 2. The van der Waals surface area contributed by atoms with E-state index in [-0.39, 0.29) is 10.5 Å². The molecular formula is C19H27N5O3S2. The van der Waals surface area contributed by atoms with E-state index in [0.29, 0.717) is 31.3 Å². The molecule has 3 rings (SSSR count). The first-order valence-electron chi connectivity index (χ1n) is 9.82. The molecule has 158 valence electrons. The third-order valence-corrected chi connectivity index (χ3v) is 7.67. The molecule has 0 unspecified atom stereocenters. The maximum Gasteiger partial charge on any atom is 0.257 e. The average molecular weight is 438 g/mol. The molecule has 1 aromatic carbocycles. The number of amides is 1. The number of aryl methyl sites for hydroxylation is 1. The van der Waals surface area contributed by atoms with Crippen molar-refractivity contribution >= 4 is 32.4 Å². The minimum Gasteiger partial charge on any atom is -0.304 e. The lowest BCUT2D eigenvalue weighted by Crippen LogP contribution is -2.47. The highest BCUT2D eigenvalue weighted by Crippen LogP contribution is 2.21. The van der Waals surface area contributed by atoms with Gasteiger partial charge in [0.25, 0.3) is 5.91 Å². The molecule has 29 heavy (non-hydrogen) atoms. The van der Waals surface area contributed by atoms with Crippen LogP contribution in [-0.4, -0.2) is 67.0 Å². The van der Waals surface area contributed by atoms with Crippen LogP contribution in [0.5, 0.6) is 0 Å². The number of rotatable bonds is 8. The zero-order chi connectivity index (χ0) is 20.9. The van der Waals surface area contributed by atoms with Gasteiger partial charge in [-0.1, -0.05) is 37.2 Å². The van der Waals surface area contributed by atoms with E-state index >= 15 is 0 Å². The van der Waals surface area contributed by atoms with Crippen molar-refractivity contribution in [3.05, 3.63) is 34.8 Å². The Kier molecular flexibility index (Phi) is 7.33. The van der Waals surface area contributed by atoms with Crippen LogP contribution in [0.2, 0.25) is 0 Å². The van der Waals surface area contributed by atoms with Gasteiger partial charge in [-0.3, -0.25) is 10.1 Å². The Bertz CT molecular complexity index is 937. The molecule has 1 N–H and O–H groups in total. The van der Waals surface area contributed by atoms with Crippen LogP contribution in [0.4, 0.5) is 5.13 Å². The van der Waals surface area contributed by atoms with Gasteiger partial charge in [0.15, 0.2) is 0 Å². The minimum atomic E-state index is -3.62. The van der Waals surface area contributed by atoms with Crippen LogP contribution in [0.15, 0.2) is 29.2 Å². The van der Waals surface area contributed by atoms with E-state index in [2.05, 4.69) is 27.3 Å². The summed E-state index contributed by atoms with van der Waals surface area (Å²) in [5.41, 5.74) is 0.280. The summed E-state index contributed by atoms with van der Waals surface area (Å²) >= 11 is 1.35. The Balaban J connectivity index is 1.68. The molecule has 1 fully saturated rings. The quantitative estimate of drug-likeness (QED) is 0.638. The van der Waals surface area contributed by atoms with Crippen LogP contribution in [0.1, 0.15) is 41.6 Å². The fraction of sp³-hybridized carbons (Fsp3) is 0.526. The number of carbonyl (C=O) groups excluding carboxylic acids is 1. The number of likely N-dealkylation sites (N-methyl/N-ethyl adjacent to an activating group) is 1. The molecule has 0 aliphatic carbocycles. The summed E-state index contributed by atoms with van der Waals surface area (Å²) in [5, 5.41) is 12.2. The van der Waals surface area contributed by atoms with Crippen molar-refractivity contribution in [2.45, 2.75) is 37.5 Å². The van der Waals surface area contributed by atoms with E-state index < -0.39 is 15.9 Å². The zero-order valence-electron chi connectivity index (χ0n) is 16.8. The first-order chi connectivity index (χ1) is 13.9. The number of hydrogen-bond donors (Lipinski definition) is 1. The predicted octanol–water partition coefficient (Wildman–Crippen LogP) is 2.46. The largest absolute Gasteiger partial charge is 0.304 e. The van der Waals surface area contributed by atoms with Crippen molar-refractivity contribution in [2.75, 3.05) is 38.5 Å². The first kappa shape index (κ1) is 21.8. The number of nitrogens with zero attached hydrogens (tertiary/aromatic N) is 4. The molecule has 0 radical (unpaired) electrons. The van der Waals surface area contributed by atoms with E-state index in [4.69, 9.17) is 0 Å². The van der Waals surface area contributed by atoms with Gasteiger partial charge in [0.05, 0.1) is 4.90 Å². The van der Waals surface area contributed by atoms with Gasteiger partial charge < -0.3 is 4.90 Å². The fourth-order valence-electron chi connectivity index (χ4n) is 3.08. The number of anilines is 1. The highest BCUT2D eigenvalue weighted by molar-refractivity contribution is 7.89. The van der Waals surface area contributed by atoms with Crippen LogP contribution in [0, 0.1) is 0 Å². The number of nitrogens with one attached hydrogen (secondary N) is 1. The van der Waals surface area contributed by atoms with Crippen molar-refractivity contribution in [2.24, 2.45) is 0 Å². The molecule has 1 saturated heterocycles. The smallest absolute Gasteiger partial charge is 0.257 e. The summed E-state index contributed by atoms with van der Waals surface area (Å²) in [6.45, 7) is 4.42. The molecule has 10 heteroatoms. The van der Waals surface area contributed by atoms with Crippen LogP contribution in [-0.2, 0) is 16.4 Å². The predicted molar refractivity (Wildman–Crippen MR) is 114 cm³/mol. The SMILES string of the molecule is CCCCCc1nnc(NC(=O)c2cccc(S(=O)(=O)N3CCN(C)CC3)c2)s1. The molecule has 0 spiro atoms. The van der Waals surface area contributed by atoms with Crippen LogP contribution < -0.4 is 5.32 Å². The van der Waals surface area contributed by atoms with Gasteiger partial charge in [0.1, 0.15) is 5.01 Å². The van der Waals surface area contributed by atoms with Crippen LogP contribution >= 0.6 is 11.3 Å². The highest BCUT2D eigenvalue weighted by Gasteiger charge is 2.28. The Hall–Kier alpha value is -1.88. The van der Waals surface area contributed by atoms with Gasteiger partial charge in [-0.25, -0.2) is 8.42 Å². The molecule has 2 aromatic rings. The Morgan fingerprint density at radius 2 is 1.93 bits per heavy atom. The molecule has 1 amide bonds. The normalized spacial score (nSPS) is 16.1. The number of piperazine rings is 1. The van der Waals surface area contributed by atoms with E-state index in [1.54, 1.807) is 12.1 Å². The zero-order valence-corrected chi connectivity index (χ0v) is 18.4. The summed E-state index contributed by atoms with van der Waals surface area (Å²) in [6.07, 6.45) is 4.16. The lowest BCUT2D eigenvalue weighted by Gasteiger charge is -2.31. The monoisotopic (exact) mass is 437 g/mol. The van der Waals surface area contributed by atoms with Gasteiger partial charge in [-0.05, 0) is 31.7 Å². The molecule has 0 bridgehead atoms. The fourth-order valence-corrected chi connectivity index (χ4v) is 5.32. The van der Waals surface area contributed by atoms with E-state index in [9.17, 15) is 13.2 Å². The Morgan fingerprint density at radius 3 is 2.66 bits per heavy atom. The molecule has 1 aromatic heterocycles. The first-order valence-corrected chi connectivity index (χ1v) is 12.1. The van der Waals surface area contributed by atoms with Crippen molar-refractivity contribution in [3.8, 4) is 0 Å². The maximum absolute atomic E-state index is 12.9. The van der Waals surface area contributed by atoms with Gasteiger partial charge in [-0.2, -0.15) is 4.31 Å². The van der Waals surface area contributed by atoms with Crippen molar-refractivity contribution in [1.29, 1.82) is 0 Å². The Labute approximate surface area is 176 Å². The molecule has 0 atom stereocenters. The van der Waals surface area contributed by atoms with Crippen molar-refractivity contribution in [3.63, 3.8) is 0 Å². The second-order valence-corrected chi connectivity index (χ2v) is 10.1. The summed E-state index contributed by atoms with van der Waals surface area (Å²) in [6, 6.07) is 6.14. The third kappa shape index (κ3) is 5.59. The summed E-state index contributed by atoms with van der Waals surface area (Å²) in [5.74, 6) is -0.392. The highest BCUT2D eigenvalue weighted by atomic mass is 32.2. The van der Waals surface area contributed by atoms with Crippen molar-refractivity contribution < 1.29 is 13.2 Å². The standard InChI is InChI=1S/C19H27N5O3S2/c1-3-4-5-9-17-21-22-19(28-17)20-18(25)15-7-6-8-16(14-15)29(26,27)24-12-10-23(2)11-13-24/h6-8,14H,3-5,9-13H2,1-2H3,(H,20,22,25). The topological polar surface area (TPSA) is 95.5 Å². The number of aromatic nitrogens is 2. The van der Waals surface area contributed by atoms with E-state index in [1.807, 2.05) is 7.05 Å². The van der Waals surface area contributed by atoms with Crippen LogP contribution in [0.3, 0.4) is 0 Å². The lowest BCUT2D eigenvalue weighted by atomic mass is 10.2. The van der Waals surface area contributed by atoms with E-state index in [0.717, 1.165) is 30.7 Å². The second kappa shape index (κ2) is 9.75. The number of hydrogen-bond acceptors (Lipinski definition) is 7. The summed E-state index contributed by atoms with van der Waals surface area (Å²) in [7, 11) is -1.65. The van der Waals surface area contributed by atoms with Gasteiger partial charge >= 0.3 is 0 Å². The van der Waals surface area contributed by atoms with E-state index in [1.165, 1.54) is 27.8 Å². The number of carbonyl (C=O) groups is 1. The van der Waals surface area contributed by atoms with Crippen LogP contribution in [0.25, 0.3) is 0 Å². The van der Waals surface area contributed by atoms with Gasteiger partial charge in [0, 0.05) is 38.2 Å². The molecule has 0 saturated carbocycles. The molecular weight excluding hydrogens is 410 g/mol. The second-order valence-electron chi connectivity index (χ2n) is 7.15. The Morgan fingerprint density at radius 1 is 1.17 bits per heavy atom. The third-order valence-electron chi connectivity index (χ3n) is 4.88. The molecule has 1 aliphatic heterocycles. The summed E-state index contributed by atoms with van der Waals surface area (Å²) < 4.78 is 27.3. The number of benzene rings is 1. The summed E-state index contributed by atoms with van der Waals surface area (Å²) in [4.78, 5) is 14.8. The van der Waals surface area contributed by atoms with Crippen molar-refractivity contribution in [1.82, 2.24) is 19.4 Å². The molecule has 8 nitrogen and oxygen atoms in total. The van der Waals surface area contributed by atoms with Gasteiger partial charge in [0.2, 0.25) is 15.2 Å². The molecule has 2 heterocycles. The number of sulfonamides is 1. The van der Waals surface area contributed by atoms with Gasteiger partial charge in [-0.15, -0.1) is 10.2 Å². The average Bonchev–Trinajstić information content (AvgIpc) is 3.16. The molecule has 1 aliphatic rings. The lowest BCUT2D eigenvalue weighted by molar-refractivity contribution is 0.102. The minimum absolute atomic E-state index is 0.132.